The second-order valence-corrected chi connectivity index (χ2v) is 4.63. The zero-order chi connectivity index (χ0) is 14.2. The smallest absolute Gasteiger partial charge is 0.160 e. The molecule has 0 saturated carbocycles. The van der Waals surface area contributed by atoms with Gasteiger partial charge in [0.2, 0.25) is 0 Å². The second kappa shape index (κ2) is 4.76. The van der Waals surface area contributed by atoms with Crippen LogP contribution in [0.3, 0.4) is 0 Å². The highest BCUT2D eigenvalue weighted by molar-refractivity contribution is 6.11. The molecule has 3 heteroatoms. The van der Waals surface area contributed by atoms with Crippen LogP contribution in [-0.4, -0.2) is 17.3 Å². The molecule has 0 fully saturated rings. The molecule has 2 aromatic carbocycles. The van der Waals surface area contributed by atoms with Crippen molar-refractivity contribution in [1.82, 2.24) is 0 Å². The Kier molecular flexibility index (Phi) is 3.30. The van der Waals surface area contributed by atoms with Gasteiger partial charge in [0.25, 0.3) is 0 Å². The molecule has 0 heterocycles. The first-order chi connectivity index (χ1) is 8.90. The molecule has 2 rings (SSSR count). The minimum atomic E-state index is -0.152. The number of hydrogen-bond donors (Lipinski definition) is 0. The molecule has 0 unspecified atom stereocenters. The number of fused-ring (bicyclic) bond motifs is 1. The largest absolute Gasteiger partial charge is 0.295 e. The number of hydrogen-bond acceptors (Lipinski definition) is 3. The molecule has 19 heavy (non-hydrogen) atoms. The molecule has 96 valence electrons. The Morgan fingerprint density at radius 2 is 1.21 bits per heavy atom. The Labute approximate surface area is 111 Å². The zero-order valence-electron chi connectivity index (χ0n) is 11.1. The van der Waals surface area contributed by atoms with Crippen LogP contribution < -0.4 is 0 Å². The standard InChI is InChI=1S/C16H14O3/c1-9(17)12-4-5-13-7-15(10(2)18)16(11(3)19)8-14(13)6-12/h4-8H,1-3H3. The normalized spacial score (nSPS) is 10.5. The van der Waals surface area contributed by atoms with Crippen molar-refractivity contribution in [3.8, 4) is 0 Å². The topological polar surface area (TPSA) is 51.2 Å². The molecule has 0 aliphatic heterocycles. The van der Waals surface area contributed by atoms with Gasteiger partial charge < -0.3 is 0 Å². The summed E-state index contributed by atoms with van der Waals surface area (Å²) in [6.45, 7) is 4.37. The van der Waals surface area contributed by atoms with Gasteiger partial charge in [-0.2, -0.15) is 0 Å². The molecular formula is C16H14O3. The average molecular weight is 254 g/mol. The lowest BCUT2D eigenvalue weighted by atomic mass is 9.95. The monoisotopic (exact) mass is 254 g/mol. The molecule has 0 saturated heterocycles. The number of Topliss-reactive ketones (excluding diaryl/α,β-unsaturated/α-hetero) is 3. The summed E-state index contributed by atoms with van der Waals surface area (Å²) >= 11 is 0. The van der Waals surface area contributed by atoms with Crippen molar-refractivity contribution in [3.05, 3.63) is 47.0 Å². The fraction of sp³-hybridized carbons (Fsp3) is 0.188. The summed E-state index contributed by atoms with van der Waals surface area (Å²) in [4.78, 5) is 34.6. The first-order valence-electron chi connectivity index (χ1n) is 6.01. The quantitative estimate of drug-likeness (QED) is 0.788. The van der Waals surface area contributed by atoms with E-state index in [0.717, 1.165) is 10.8 Å². The van der Waals surface area contributed by atoms with Crippen LogP contribution in [0.25, 0.3) is 10.8 Å². The Bertz CT molecular complexity index is 711. The molecule has 0 aliphatic rings. The molecule has 0 aliphatic carbocycles. The maximum absolute atomic E-state index is 11.6. The minimum absolute atomic E-state index is 0.0260. The number of carbonyl (C=O) groups excluding carboxylic acids is 3. The highest BCUT2D eigenvalue weighted by Crippen LogP contribution is 2.23. The van der Waals surface area contributed by atoms with Gasteiger partial charge in [-0.05, 0) is 49.7 Å². The molecule has 0 bridgehead atoms. The van der Waals surface area contributed by atoms with E-state index in [0.29, 0.717) is 16.7 Å². The predicted octanol–water partition coefficient (Wildman–Crippen LogP) is 3.45. The van der Waals surface area contributed by atoms with Crippen LogP contribution in [0.2, 0.25) is 0 Å². The lowest BCUT2D eigenvalue weighted by Crippen LogP contribution is -2.04. The summed E-state index contributed by atoms with van der Waals surface area (Å²) in [5, 5.41) is 1.64. The summed E-state index contributed by atoms with van der Waals surface area (Å²) in [6, 6.07) is 8.65. The molecule has 0 spiro atoms. The first-order valence-corrected chi connectivity index (χ1v) is 6.01. The maximum atomic E-state index is 11.6. The summed E-state index contributed by atoms with van der Waals surface area (Å²) in [7, 11) is 0. The fourth-order valence-corrected chi connectivity index (χ4v) is 2.10. The van der Waals surface area contributed by atoms with Crippen LogP contribution in [0.1, 0.15) is 51.8 Å². The Hall–Kier alpha value is -2.29. The maximum Gasteiger partial charge on any atom is 0.160 e. The van der Waals surface area contributed by atoms with Gasteiger partial charge >= 0.3 is 0 Å². The molecule has 0 amide bonds. The van der Waals surface area contributed by atoms with E-state index in [-0.39, 0.29) is 17.3 Å². The number of ketones is 3. The highest BCUT2D eigenvalue weighted by atomic mass is 16.1. The summed E-state index contributed by atoms with van der Waals surface area (Å²) in [5.74, 6) is -0.315. The predicted molar refractivity (Wildman–Crippen MR) is 74.0 cm³/mol. The molecule has 3 nitrogen and oxygen atoms in total. The van der Waals surface area contributed by atoms with Crippen molar-refractivity contribution in [2.75, 3.05) is 0 Å². The van der Waals surface area contributed by atoms with Crippen molar-refractivity contribution >= 4 is 28.1 Å². The molecule has 0 radical (unpaired) electrons. The van der Waals surface area contributed by atoms with Crippen LogP contribution in [0.15, 0.2) is 30.3 Å². The lowest BCUT2D eigenvalue weighted by Gasteiger charge is -2.07. The Morgan fingerprint density at radius 1 is 0.684 bits per heavy atom. The SMILES string of the molecule is CC(=O)c1ccc2cc(C(C)=O)c(C(C)=O)cc2c1. The van der Waals surface area contributed by atoms with Crippen LogP contribution >= 0.6 is 0 Å². The number of carbonyl (C=O) groups is 3. The van der Waals surface area contributed by atoms with Crippen molar-refractivity contribution in [3.63, 3.8) is 0 Å². The minimum Gasteiger partial charge on any atom is -0.295 e. The summed E-state index contributed by atoms with van der Waals surface area (Å²) in [6.07, 6.45) is 0. The van der Waals surface area contributed by atoms with Crippen molar-refractivity contribution in [2.24, 2.45) is 0 Å². The van der Waals surface area contributed by atoms with Crippen molar-refractivity contribution < 1.29 is 14.4 Å². The zero-order valence-corrected chi connectivity index (χ0v) is 11.1. The van der Waals surface area contributed by atoms with Crippen LogP contribution in [0.4, 0.5) is 0 Å². The third-order valence-electron chi connectivity index (χ3n) is 3.14. The van der Waals surface area contributed by atoms with E-state index in [9.17, 15) is 14.4 Å². The molecule has 0 aromatic heterocycles. The second-order valence-electron chi connectivity index (χ2n) is 4.63. The van der Waals surface area contributed by atoms with Gasteiger partial charge in [-0.3, -0.25) is 14.4 Å². The van der Waals surface area contributed by atoms with Gasteiger partial charge in [0.1, 0.15) is 0 Å². The summed E-state index contributed by atoms with van der Waals surface area (Å²) in [5.41, 5.74) is 1.42. The van der Waals surface area contributed by atoms with Gasteiger partial charge in [0, 0.05) is 16.7 Å². The van der Waals surface area contributed by atoms with E-state index in [4.69, 9.17) is 0 Å². The number of benzene rings is 2. The molecule has 0 N–H and O–H groups in total. The van der Waals surface area contributed by atoms with E-state index in [1.807, 2.05) is 0 Å². The van der Waals surface area contributed by atoms with Gasteiger partial charge in [-0.25, -0.2) is 0 Å². The molecule has 0 atom stereocenters. The van der Waals surface area contributed by atoms with Crippen molar-refractivity contribution in [2.45, 2.75) is 20.8 Å². The van der Waals surface area contributed by atoms with E-state index in [1.54, 1.807) is 30.3 Å². The summed E-state index contributed by atoms with van der Waals surface area (Å²) < 4.78 is 0. The van der Waals surface area contributed by atoms with Gasteiger partial charge in [-0.15, -0.1) is 0 Å². The number of rotatable bonds is 3. The fourth-order valence-electron chi connectivity index (χ4n) is 2.10. The molecular weight excluding hydrogens is 240 g/mol. The van der Waals surface area contributed by atoms with Crippen LogP contribution in [0, 0.1) is 0 Å². The van der Waals surface area contributed by atoms with Crippen LogP contribution in [0.5, 0.6) is 0 Å². The van der Waals surface area contributed by atoms with Gasteiger partial charge in [0.05, 0.1) is 0 Å². The van der Waals surface area contributed by atoms with E-state index in [1.165, 1.54) is 20.8 Å². The van der Waals surface area contributed by atoms with Crippen molar-refractivity contribution in [1.29, 1.82) is 0 Å². The van der Waals surface area contributed by atoms with Gasteiger partial charge in [0.15, 0.2) is 17.3 Å². The highest BCUT2D eigenvalue weighted by Gasteiger charge is 2.13. The third kappa shape index (κ3) is 2.45. The lowest BCUT2D eigenvalue weighted by molar-refractivity contribution is 0.0981. The van der Waals surface area contributed by atoms with Crippen LogP contribution in [-0.2, 0) is 0 Å². The average Bonchev–Trinajstić information content (AvgIpc) is 2.36. The first kappa shape index (κ1) is 13.1. The van der Waals surface area contributed by atoms with Gasteiger partial charge in [-0.1, -0.05) is 12.1 Å². The Morgan fingerprint density at radius 3 is 1.68 bits per heavy atom. The van der Waals surface area contributed by atoms with E-state index >= 15 is 0 Å². The van der Waals surface area contributed by atoms with E-state index in [2.05, 4.69) is 0 Å². The Balaban J connectivity index is 2.77. The molecule has 2 aromatic rings. The third-order valence-corrected chi connectivity index (χ3v) is 3.14. The van der Waals surface area contributed by atoms with E-state index < -0.39 is 0 Å².